The minimum atomic E-state index is 0.0146. The summed E-state index contributed by atoms with van der Waals surface area (Å²) in [6.45, 7) is 1.04. The number of tetrazole rings is 1. The number of amides is 1. The number of para-hydroxylation sites is 1. The molecule has 0 bridgehead atoms. The lowest BCUT2D eigenvalue weighted by Crippen LogP contribution is -2.30. The van der Waals surface area contributed by atoms with Crippen LogP contribution in [0.25, 0.3) is 5.69 Å². The number of nitrogens with one attached hydrogen (secondary N) is 2. The molecule has 1 amide bonds. The van der Waals surface area contributed by atoms with Crippen molar-refractivity contribution in [2.24, 2.45) is 5.92 Å². The Morgan fingerprint density at radius 2 is 2.08 bits per heavy atom. The van der Waals surface area contributed by atoms with E-state index in [1.54, 1.807) is 10.9 Å². The predicted molar refractivity (Wildman–Crippen MR) is 90.2 cm³/mol. The zero-order valence-electron chi connectivity index (χ0n) is 13.5. The molecule has 1 aliphatic carbocycles. The summed E-state index contributed by atoms with van der Waals surface area (Å²) in [5, 5.41) is 17.7. The van der Waals surface area contributed by atoms with Crippen LogP contribution in [0.1, 0.15) is 18.1 Å². The molecule has 3 aromatic rings. The Labute approximate surface area is 144 Å². The summed E-state index contributed by atoms with van der Waals surface area (Å²) in [4.78, 5) is 12.1. The summed E-state index contributed by atoms with van der Waals surface area (Å²) in [7, 11) is 0. The van der Waals surface area contributed by atoms with Gasteiger partial charge in [0, 0.05) is 24.9 Å². The summed E-state index contributed by atoms with van der Waals surface area (Å²) in [5.74, 6) is 1.72. The van der Waals surface area contributed by atoms with Crippen LogP contribution in [0.3, 0.4) is 0 Å². The number of hydrogen-bond acceptors (Lipinski definition) is 6. The molecule has 2 aromatic heterocycles. The Morgan fingerprint density at radius 3 is 2.88 bits per heavy atom. The fourth-order valence-electron chi connectivity index (χ4n) is 2.83. The van der Waals surface area contributed by atoms with Gasteiger partial charge in [-0.3, -0.25) is 4.79 Å². The molecule has 0 spiro atoms. The van der Waals surface area contributed by atoms with Crippen molar-refractivity contribution in [2.45, 2.75) is 12.3 Å². The number of aromatic nitrogens is 4. The smallest absolute Gasteiger partial charge is 0.247 e. The first-order valence-electron chi connectivity index (χ1n) is 8.22. The van der Waals surface area contributed by atoms with Crippen LogP contribution in [-0.4, -0.2) is 39.2 Å². The molecule has 0 aliphatic heterocycles. The van der Waals surface area contributed by atoms with Crippen molar-refractivity contribution < 1.29 is 9.21 Å². The minimum absolute atomic E-state index is 0.0146. The van der Waals surface area contributed by atoms with Crippen molar-refractivity contribution in [3.8, 4) is 5.69 Å². The van der Waals surface area contributed by atoms with Gasteiger partial charge in [0.25, 0.3) is 0 Å². The highest BCUT2D eigenvalue weighted by atomic mass is 16.3. The first-order chi connectivity index (χ1) is 12.3. The highest BCUT2D eigenvalue weighted by Gasteiger charge is 2.45. The van der Waals surface area contributed by atoms with Crippen LogP contribution in [0.4, 0.5) is 5.95 Å². The lowest BCUT2D eigenvalue weighted by Gasteiger charge is -2.08. The third-order valence-corrected chi connectivity index (χ3v) is 4.21. The van der Waals surface area contributed by atoms with Crippen LogP contribution in [0.5, 0.6) is 0 Å². The zero-order chi connectivity index (χ0) is 17.1. The highest BCUT2D eigenvalue weighted by Crippen LogP contribution is 2.47. The maximum Gasteiger partial charge on any atom is 0.247 e. The minimum Gasteiger partial charge on any atom is -0.469 e. The summed E-state index contributed by atoms with van der Waals surface area (Å²) in [6.07, 6.45) is 2.49. The molecule has 2 N–H and O–H groups in total. The topological polar surface area (TPSA) is 97.9 Å². The summed E-state index contributed by atoms with van der Waals surface area (Å²) < 4.78 is 6.97. The van der Waals surface area contributed by atoms with E-state index in [2.05, 4.69) is 26.2 Å². The average molecular weight is 338 g/mol. The molecule has 4 rings (SSSR count). The highest BCUT2D eigenvalue weighted by molar-refractivity contribution is 5.82. The van der Waals surface area contributed by atoms with E-state index in [9.17, 15) is 4.79 Å². The molecule has 0 unspecified atom stereocenters. The van der Waals surface area contributed by atoms with Gasteiger partial charge in [-0.1, -0.05) is 23.3 Å². The maximum atomic E-state index is 12.1. The molecular formula is C17H18N6O2. The maximum absolute atomic E-state index is 12.1. The Hall–Kier alpha value is -3.16. The average Bonchev–Trinajstić information content (AvgIpc) is 3.06. The van der Waals surface area contributed by atoms with Crippen molar-refractivity contribution in [3.05, 3.63) is 54.5 Å². The molecular weight excluding hydrogens is 320 g/mol. The zero-order valence-corrected chi connectivity index (χ0v) is 13.5. The molecule has 2 heterocycles. The molecule has 128 valence electrons. The SMILES string of the molecule is O=C(NCCNc1nnnn1-c1ccccc1)[C@@H]1C[C@@H]1c1ccco1. The standard InChI is InChI=1S/C17H18N6O2/c24-16(14-11-13(14)15-7-4-10-25-15)18-8-9-19-17-20-21-22-23(17)12-5-2-1-3-6-12/h1-7,10,13-14H,8-9,11H2,(H,18,24)(H,19,20,22)/t13-,14+/m0/s1. The number of benzene rings is 1. The quantitative estimate of drug-likeness (QED) is 0.635. The molecule has 1 saturated carbocycles. The lowest BCUT2D eigenvalue weighted by atomic mass is 10.2. The molecule has 1 aliphatic rings. The van der Waals surface area contributed by atoms with Crippen molar-refractivity contribution in [1.82, 2.24) is 25.5 Å². The number of nitrogens with zero attached hydrogens (tertiary/aromatic N) is 4. The van der Waals surface area contributed by atoms with Gasteiger partial charge >= 0.3 is 0 Å². The van der Waals surface area contributed by atoms with Crippen LogP contribution in [0.2, 0.25) is 0 Å². The normalized spacial score (nSPS) is 18.7. The molecule has 1 fully saturated rings. The largest absolute Gasteiger partial charge is 0.469 e. The Bertz CT molecular complexity index is 830. The third-order valence-electron chi connectivity index (χ3n) is 4.21. The molecule has 2 atom stereocenters. The van der Waals surface area contributed by atoms with Gasteiger partial charge in [0.2, 0.25) is 11.9 Å². The van der Waals surface area contributed by atoms with Gasteiger partial charge in [-0.2, -0.15) is 4.68 Å². The number of hydrogen-bond donors (Lipinski definition) is 2. The number of anilines is 1. The van der Waals surface area contributed by atoms with Crippen LogP contribution in [0.15, 0.2) is 53.1 Å². The van der Waals surface area contributed by atoms with E-state index in [1.165, 1.54) is 0 Å². The van der Waals surface area contributed by atoms with Crippen molar-refractivity contribution in [3.63, 3.8) is 0 Å². The van der Waals surface area contributed by atoms with Gasteiger partial charge in [-0.05, 0) is 41.1 Å². The van der Waals surface area contributed by atoms with E-state index in [0.717, 1.165) is 17.9 Å². The number of carbonyl (C=O) groups excluding carboxylic acids is 1. The van der Waals surface area contributed by atoms with Gasteiger partial charge in [-0.15, -0.1) is 0 Å². The summed E-state index contributed by atoms with van der Waals surface area (Å²) in [5.41, 5.74) is 0.873. The number of furan rings is 1. The number of rotatable bonds is 7. The molecule has 0 radical (unpaired) electrons. The summed E-state index contributed by atoms with van der Waals surface area (Å²) >= 11 is 0. The fraction of sp³-hybridized carbons (Fsp3) is 0.294. The second-order valence-electron chi connectivity index (χ2n) is 5.93. The van der Waals surface area contributed by atoms with E-state index >= 15 is 0 Å². The first kappa shape index (κ1) is 15.4. The fourth-order valence-corrected chi connectivity index (χ4v) is 2.83. The van der Waals surface area contributed by atoms with Crippen LogP contribution < -0.4 is 10.6 Å². The predicted octanol–water partition coefficient (Wildman–Crippen LogP) is 1.59. The monoisotopic (exact) mass is 338 g/mol. The van der Waals surface area contributed by atoms with Crippen molar-refractivity contribution >= 4 is 11.9 Å². The molecule has 25 heavy (non-hydrogen) atoms. The van der Waals surface area contributed by atoms with E-state index in [1.807, 2.05) is 42.5 Å². The van der Waals surface area contributed by atoms with Crippen LogP contribution >= 0.6 is 0 Å². The van der Waals surface area contributed by atoms with E-state index in [4.69, 9.17) is 4.42 Å². The van der Waals surface area contributed by atoms with Crippen LogP contribution in [0, 0.1) is 5.92 Å². The summed E-state index contributed by atoms with van der Waals surface area (Å²) in [6, 6.07) is 13.4. The number of carbonyl (C=O) groups is 1. The third kappa shape index (κ3) is 3.37. The molecule has 1 aromatic carbocycles. The first-order valence-corrected chi connectivity index (χ1v) is 8.22. The van der Waals surface area contributed by atoms with E-state index in [0.29, 0.717) is 19.0 Å². The second-order valence-corrected chi connectivity index (χ2v) is 5.93. The second kappa shape index (κ2) is 6.76. The molecule has 8 heteroatoms. The Kier molecular flexibility index (Phi) is 4.16. The van der Waals surface area contributed by atoms with Gasteiger partial charge in [-0.25, -0.2) is 0 Å². The molecule has 0 saturated heterocycles. The Morgan fingerprint density at radius 1 is 1.20 bits per heavy atom. The van der Waals surface area contributed by atoms with E-state index < -0.39 is 0 Å². The van der Waals surface area contributed by atoms with Gasteiger partial charge in [0.1, 0.15) is 5.76 Å². The van der Waals surface area contributed by atoms with Crippen molar-refractivity contribution in [1.29, 1.82) is 0 Å². The van der Waals surface area contributed by atoms with E-state index in [-0.39, 0.29) is 17.7 Å². The van der Waals surface area contributed by atoms with Gasteiger partial charge < -0.3 is 15.1 Å². The lowest BCUT2D eigenvalue weighted by molar-refractivity contribution is -0.122. The van der Waals surface area contributed by atoms with Gasteiger partial charge in [0.15, 0.2) is 0 Å². The van der Waals surface area contributed by atoms with Crippen LogP contribution in [-0.2, 0) is 4.79 Å². The Balaban J connectivity index is 1.24. The van der Waals surface area contributed by atoms with Crippen molar-refractivity contribution in [2.75, 3.05) is 18.4 Å². The molecule has 8 nitrogen and oxygen atoms in total. The van der Waals surface area contributed by atoms with Gasteiger partial charge in [0.05, 0.1) is 12.0 Å².